The average Bonchev–Trinajstić information content (AvgIpc) is 2.21. The quantitative estimate of drug-likeness (QED) is 0.590. The van der Waals surface area contributed by atoms with Gasteiger partial charge in [-0.25, -0.2) is 0 Å². The molecule has 2 N–H and O–H groups in total. The first-order valence-corrected chi connectivity index (χ1v) is 5.99. The highest BCUT2D eigenvalue weighted by molar-refractivity contribution is 6.60. The van der Waals surface area contributed by atoms with Gasteiger partial charge in [0.05, 0.1) is 6.10 Å². The molecule has 0 bridgehead atoms. The first-order chi connectivity index (χ1) is 6.17. The Labute approximate surface area is 80.5 Å². The Morgan fingerprint density at radius 1 is 1.08 bits per heavy atom. The summed E-state index contributed by atoms with van der Waals surface area (Å²) in [4.78, 5) is 0. The van der Waals surface area contributed by atoms with Crippen molar-refractivity contribution in [3.63, 3.8) is 0 Å². The largest absolute Gasteiger partial charge is 0.502 e. The van der Waals surface area contributed by atoms with Crippen molar-refractivity contribution in [2.75, 3.05) is 35.0 Å². The number of methoxy groups -OCH3 is 1. The highest BCUT2D eigenvalue weighted by Gasteiger charge is 2.40. The highest BCUT2D eigenvalue weighted by Crippen LogP contribution is 2.16. The van der Waals surface area contributed by atoms with E-state index in [0.29, 0.717) is 12.6 Å². The maximum atomic E-state index is 5.49. The molecule has 0 aliphatic rings. The molecule has 6 heteroatoms. The molecular formula is C7H19NO4Si. The second-order valence-corrected chi connectivity index (χ2v) is 5.59. The fourth-order valence-electron chi connectivity index (χ4n) is 1.04. The fourth-order valence-corrected chi connectivity index (χ4v) is 2.93. The van der Waals surface area contributed by atoms with Crippen LogP contribution >= 0.6 is 0 Å². The van der Waals surface area contributed by atoms with Gasteiger partial charge in [-0.3, -0.25) is 0 Å². The van der Waals surface area contributed by atoms with Crippen molar-refractivity contribution in [1.82, 2.24) is 0 Å². The average molecular weight is 209 g/mol. The van der Waals surface area contributed by atoms with Crippen molar-refractivity contribution >= 4 is 8.80 Å². The van der Waals surface area contributed by atoms with Crippen LogP contribution in [0.5, 0.6) is 0 Å². The number of rotatable bonds is 7. The lowest BCUT2D eigenvalue weighted by molar-refractivity contribution is 0.0766. The van der Waals surface area contributed by atoms with Gasteiger partial charge < -0.3 is 23.7 Å². The van der Waals surface area contributed by atoms with Crippen molar-refractivity contribution in [2.45, 2.75) is 12.1 Å². The van der Waals surface area contributed by atoms with Crippen molar-refractivity contribution in [3.05, 3.63) is 0 Å². The Kier molecular flexibility index (Phi) is 6.48. The standard InChI is InChI=1S/C7H19NO4Si/c1-9-7(5-8)6-13(10-2,11-3)12-4/h7H,5-6,8H2,1-4H3. The minimum absolute atomic E-state index is 0.0773. The second kappa shape index (κ2) is 6.47. The van der Waals surface area contributed by atoms with Crippen LogP contribution in [-0.4, -0.2) is 49.9 Å². The van der Waals surface area contributed by atoms with E-state index in [0.717, 1.165) is 0 Å². The lowest BCUT2D eigenvalue weighted by Gasteiger charge is -2.27. The summed E-state index contributed by atoms with van der Waals surface area (Å²) in [5.74, 6) is 0. The van der Waals surface area contributed by atoms with Crippen LogP contribution in [-0.2, 0) is 18.0 Å². The van der Waals surface area contributed by atoms with Crippen LogP contribution in [0.2, 0.25) is 6.04 Å². The van der Waals surface area contributed by atoms with E-state index in [1.807, 2.05) is 0 Å². The Bertz CT molecular complexity index is 119. The summed E-state index contributed by atoms with van der Waals surface area (Å²) in [6, 6.07) is 0.573. The van der Waals surface area contributed by atoms with E-state index in [2.05, 4.69) is 0 Å². The van der Waals surface area contributed by atoms with Crippen LogP contribution in [0.15, 0.2) is 0 Å². The molecule has 0 fully saturated rings. The van der Waals surface area contributed by atoms with Gasteiger partial charge in [-0.05, 0) is 0 Å². The number of hydrogen-bond acceptors (Lipinski definition) is 5. The third kappa shape index (κ3) is 3.71. The lowest BCUT2D eigenvalue weighted by atomic mass is 10.4. The molecule has 0 aliphatic carbocycles. The molecule has 0 aromatic heterocycles. The summed E-state index contributed by atoms with van der Waals surface area (Å²) in [5.41, 5.74) is 5.49. The Morgan fingerprint density at radius 3 is 1.77 bits per heavy atom. The molecule has 0 amide bonds. The summed E-state index contributed by atoms with van der Waals surface area (Å²) in [6.07, 6.45) is -0.0773. The van der Waals surface area contributed by atoms with Crippen molar-refractivity contribution < 1.29 is 18.0 Å². The topological polar surface area (TPSA) is 62.9 Å². The molecule has 5 nitrogen and oxygen atoms in total. The Morgan fingerprint density at radius 2 is 1.54 bits per heavy atom. The zero-order valence-electron chi connectivity index (χ0n) is 8.70. The van der Waals surface area contributed by atoms with Crippen LogP contribution in [0.1, 0.15) is 0 Å². The van der Waals surface area contributed by atoms with E-state index in [1.54, 1.807) is 28.4 Å². The second-order valence-electron chi connectivity index (χ2n) is 2.59. The van der Waals surface area contributed by atoms with Gasteiger partial charge in [0.2, 0.25) is 0 Å². The van der Waals surface area contributed by atoms with E-state index < -0.39 is 8.80 Å². The molecule has 0 rings (SSSR count). The number of nitrogens with two attached hydrogens (primary N) is 1. The first kappa shape index (κ1) is 13.0. The normalized spacial score (nSPS) is 14.5. The van der Waals surface area contributed by atoms with Crippen molar-refractivity contribution in [2.24, 2.45) is 5.73 Å². The summed E-state index contributed by atoms with van der Waals surface area (Å²) < 4.78 is 20.8. The number of ether oxygens (including phenoxy) is 1. The molecule has 0 saturated carbocycles. The van der Waals surface area contributed by atoms with Gasteiger partial charge >= 0.3 is 8.80 Å². The van der Waals surface area contributed by atoms with E-state index in [9.17, 15) is 0 Å². The molecular weight excluding hydrogens is 190 g/mol. The summed E-state index contributed by atoms with van der Waals surface area (Å²) in [6.45, 7) is 0.432. The lowest BCUT2D eigenvalue weighted by Crippen LogP contribution is -2.47. The minimum atomic E-state index is -2.53. The van der Waals surface area contributed by atoms with E-state index in [4.69, 9.17) is 23.7 Å². The zero-order chi connectivity index (χ0) is 10.3. The Balaban J connectivity index is 4.21. The van der Waals surface area contributed by atoms with Crippen molar-refractivity contribution in [1.29, 1.82) is 0 Å². The van der Waals surface area contributed by atoms with E-state index in [1.165, 1.54) is 0 Å². The molecule has 0 aromatic rings. The van der Waals surface area contributed by atoms with Crippen molar-refractivity contribution in [3.8, 4) is 0 Å². The minimum Gasteiger partial charge on any atom is -0.380 e. The Hall–Kier alpha value is 0.0169. The van der Waals surface area contributed by atoms with Crippen LogP contribution in [0.3, 0.4) is 0 Å². The third-order valence-corrected chi connectivity index (χ3v) is 4.83. The summed E-state index contributed by atoms with van der Waals surface area (Å²) in [7, 11) is 3.80. The molecule has 0 aromatic carbocycles. The van der Waals surface area contributed by atoms with Crippen LogP contribution in [0.4, 0.5) is 0 Å². The molecule has 13 heavy (non-hydrogen) atoms. The SMILES string of the molecule is COC(CN)C[Si](OC)(OC)OC. The van der Waals surface area contributed by atoms with Gasteiger partial charge in [-0.1, -0.05) is 0 Å². The first-order valence-electron chi connectivity index (χ1n) is 4.06. The zero-order valence-corrected chi connectivity index (χ0v) is 9.70. The van der Waals surface area contributed by atoms with Crippen LogP contribution in [0.25, 0.3) is 0 Å². The van der Waals surface area contributed by atoms with Crippen LogP contribution < -0.4 is 5.73 Å². The smallest absolute Gasteiger partial charge is 0.380 e. The summed E-state index contributed by atoms with van der Waals surface area (Å²) in [5, 5.41) is 0. The summed E-state index contributed by atoms with van der Waals surface area (Å²) >= 11 is 0. The van der Waals surface area contributed by atoms with E-state index in [-0.39, 0.29) is 6.10 Å². The van der Waals surface area contributed by atoms with Gasteiger partial charge in [0.15, 0.2) is 0 Å². The van der Waals surface area contributed by atoms with Gasteiger partial charge in [0.1, 0.15) is 0 Å². The molecule has 0 aliphatic heterocycles. The third-order valence-electron chi connectivity index (χ3n) is 2.01. The molecule has 80 valence electrons. The van der Waals surface area contributed by atoms with Gasteiger partial charge in [-0.15, -0.1) is 0 Å². The highest BCUT2D eigenvalue weighted by atomic mass is 28.4. The molecule has 1 atom stereocenters. The molecule has 0 heterocycles. The van der Waals surface area contributed by atoms with Gasteiger partial charge in [0, 0.05) is 41.0 Å². The molecule has 0 radical (unpaired) electrons. The predicted octanol–water partition coefficient (Wildman–Crippen LogP) is -0.162. The van der Waals surface area contributed by atoms with Gasteiger partial charge in [0.25, 0.3) is 0 Å². The molecule has 0 spiro atoms. The number of hydrogen-bond donors (Lipinski definition) is 1. The molecule has 1 unspecified atom stereocenters. The van der Waals surface area contributed by atoms with E-state index >= 15 is 0 Å². The fraction of sp³-hybridized carbons (Fsp3) is 1.00. The maximum Gasteiger partial charge on any atom is 0.502 e. The predicted molar refractivity (Wildman–Crippen MR) is 51.4 cm³/mol. The molecule has 0 saturated heterocycles. The maximum absolute atomic E-state index is 5.49. The van der Waals surface area contributed by atoms with Crippen LogP contribution in [0, 0.1) is 0 Å². The monoisotopic (exact) mass is 209 g/mol. The van der Waals surface area contributed by atoms with Gasteiger partial charge in [-0.2, -0.15) is 0 Å².